The molecule has 0 saturated carbocycles. The molecule has 1 unspecified atom stereocenters. The summed E-state index contributed by atoms with van der Waals surface area (Å²) in [5.74, 6) is -0.906. The third-order valence-electron chi connectivity index (χ3n) is 2.22. The molecule has 1 N–H and O–H groups in total. The Bertz CT molecular complexity index is 330. The van der Waals surface area contributed by atoms with Crippen LogP contribution >= 0.6 is 11.7 Å². The predicted octanol–water partition coefficient (Wildman–Crippen LogP) is -0.177. The lowest BCUT2D eigenvalue weighted by Crippen LogP contribution is -2.45. The number of aromatic nitrogens is 2. The number of hydrogen-bond donors (Lipinski definition) is 1. The molecule has 7 heteroatoms. The Labute approximate surface area is 90.8 Å². The van der Waals surface area contributed by atoms with Crippen molar-refractivity contribution in [2.24, 2.45) is 0 Å². The van der Waals surface area contributed by atoms with Crippen molar-refractivity contribution in [3.63, 3.8) is 0 Å². The van der Waals surface area contributed by atoms with E-state index in [1.54, 1.807) is 6.20 Å². The highest BCUT2D eigenvalue weighted by Crippen LogP contribution is 2.09. The van der Waals surface area contributed by atoms with Gasteiger partial charge in [-0.05, 0) is 0 Å². The fraction of sp³-hybridized carbons (Fsp3) is 0.625. The van der Waals surface area contributed by atoms with Crippen LogP contribution < -0.4 is 0 Å². The highest BCUT2D eigenvalue weighted by atomic mass is 32.1. The number of ether oxygens (including phenoxy) is 1. The Morgan fingerprint density at radius 2 is 2.67 bits per heavy atom. The van der Waals surface area contributed by atoms with Gasteiger partial charge in [0.15, 0.2) is 6.10 Å². The van der Waals surface area contributed by atoms with Gasteiger partial charge in [-0.2, -0.15) is 8.75 Å². The zero-order chi connectivity index (χ0) is 10.7. The lowest BCUT2D eigenvalue weighted by atomic mass is 10.2. The molecule has 0 aliphatic carbocycles. The summed E-state index contributed by atoms with van der Waals surface area (Å²) in [6.07, 6.45) is 0.987. The highest BCUT2D eigenvalue weighted by molar-refractivity contribution is 6.99. The largest absolute Gasteiger partial charge is 0.479 e. The van der Waals surface area contributed by atoms with E-state index in [-0.39, 0.29) is 0 Å². The van der Waals surface area contributed by atoms with E-state index in [0.717, 1.165) is 24.0 Å². The van der Waals surface area contributed by atoms with Crippen molar-refractivity contribution in [2.45, 2.75) is 12.6 Å². The normalized spacial score (nSPS) is 22.8. The molecule has 0 aromatic carbocycles. The number of hydrogen-bond acceptors (Lipinski definition) is 6. The van der Waals surface area contributed by atoms with Crippen molar-refractivity contribution in [1.29, 1.82) is 0 Å². The van der Waals surface area contributed by atoms with Gasteiger partial charge in [0.25, 0.3) is 0 Å². The monoisotopic (exact) mass is 229 g/mol. The summed E-state index contributed by atoms with van der Waals surface area (Å²) in [5.41, 5.74) is 0.881. The number of aliphatic carboxylic acids is 1. The number of carbonyl (C=O) groups is 1. The average molecular weight is 229 g/mol. The van der Waals surface area contributed by atoms with Crippen LogP contribution in [0, 0.1) is 0 Å². The molecule has 1 aliphatic heterocycles. The molecule has 1 fully saturated rings. The Morgan fingerprint density at radius 1 is 1.80 bits per heavy atom. The fourth-order valence-corrected chi connectivity index (χ4v) is 1.90. The van der Waals surface area contributed by atoms with Gasteiger partial charge in [0.05, 0.1) is 30.2 Å². The van der Waals surface area contributed by atoms with Gasteiger partial charge in [-0.25, -0.2) is 4.79 Å². The summed E-state index contributed by atoms with van der Waals surface area (Å²) in [4.78, 5) is 12.7. The van der Waals surface area contributed by atoms with E-state index in [2.05, 4.69) is 8.75 Å². The Hall–Kier alpha value is -1.05. The van der Waals surface area contributed by atoms with Gasteiger partial charge in [0.2, 0.25) is 0 Å². The molecule has 2 rings (SSSR count). The molecule has 1 aromatic rings. The summed E-state index contributed by atoms with van der Waals surface area (Å²) >= 11 is 1.16. The van der Waals surface area contributed by atoms with Gasteiger partial charge >= 0.3 is 5.97 Å². The van der Waals surface area contributed by atoms with E-state index in [0.29, 0.717) is 19.7 Å². The molecule has 15 heavy (non-hydrogen) atoms. The summed E-state index contributed by atoms with van der Waals surface area (Å²) in [6, 6.07) is 0. The highest BCUT2D eigenvalue weighted by Gasteiger charge is 2.26. The van der Waals surface area contributed by atoms with E-state index in [1.807, 2.05) is 4.90 Å². The van der Waals surface area contributed by atoms with E-state index >= 15 is 0 Å². The molecular formula is C8H11N3O3S. The summed E-state index contributed by atoms with van der Waals surface area (Å²) in [6.45, 7) is 2.24. The van der Waals surface area contributed by atoms with Crippen molar-refractivity contribution in [3.05, 3.63) is 11.9 Å². The first kappa shape index (κ1) is 10.5. The van der Waals surface area contributed by atoms with Crippen molar-refractivity contribution in [1.82, 2.24) is 13.6 Å². The van der Waals surface area contributed by atoms with Gasteiger partial charge in [0, 0.05) is 19.6 Å². The molecule has 0 amide bonds. The van der Waals surface area contributed by atoms with Crippen LogP contribution in [0.2, 0.25) is 0 Å². The Kier molecular flexibility index (Phi) is 3.24. The van der Waals surface area contributed by atoms with Crippen LogP contribution in [0.5, 0.6) is 0 Å². The van der Waals surface area contributed by atoms with E-state index in [9.17, 15) is 4.79 Å². The molecule has 0 bridgehead atoms. The van der Waals surface area contributed by atoms with Crippen molar-refractivity contribution >= 4 is 17.7 Å². The molecular weight excluding hydrogens is 218 g/mol. The SMILES string of the molecule is O=C(O)C1CN(Cc2cnsn2)CCO1. The first-order chi connectivity index (χ1) is 7.25. The quantitative estimate of drug-likeness (QED) is 0.775. The topological polar surface area (TPSA) is 75.5 Å². The Morgan fingerprint density at radius 3 is 3.33 bits per heavy atom. The smallest absolute Gasteiger partial charge is 0.334 e. The average Bonchev–Trinajstić information content (AvgIpc) is 2.71. The minimum absolute atomic E-state index is 0.410. The van der Waals surface area contributed by atoms with Gasteiger partial charge < -0.3 is 9.84 Å². The second-order valence-corrected chi connectivity index (χ2v) is 3.89. The minimum Gasteiger partial charge on any atom is -0.479 e. The lowest BCUT2D eigenvalue weighted by Gasteiger charge is -2.29. The standard InChI is InChI=1S/C8H11N3O3S/c12-8(13)7-5-11(1-2-14-7)4-6-3-9-15-10-6/h3,7H,1-2,4-5H2,(H,12,13). The van der Waals surface area contributed by atoms with Crippen LogP contribution in [0.1, 0.15) is 5.69 Å². The molecule has 1 aliphatic rings. The van der Waals surface area contributed by atoms with E-state index < -0.39 is 12.1 Å². The summed E-state index contributed by atoms with van der Waals surface area (Å²) in [7, 11) is 0. The van der Waals surface area contributed by atoms with Gasteiger partial charge in [-0.1, -0.05) is 0 Å². The minimum atomic E-state index is -0.906. The molecule has 6 nitrogen and oxygen atoms in total. The second-order valence-electron chi connectivity index (χ2n) is 3.33. The Balaban J connectivity index is 1.90. The number of nitrogens with zero attached hydrogens (tertiary/aromatic N) is 3. The van der Waals surface area contributed by atoms with Gasteiger partial charge in [-0.15, -0.1) is 0 Å². The van der Waals surface area contributed by atoms with Crippen LogP contribution in [-0.2, 0) is 16.1 Å². The summed E-state index contributed by atoms with van der Waals surface area (Å²) in [5, 5.41) is 8.80. The molecule has 2 heterocycles. The third-order valence-corrected chi connectivity index (χ3v) is 2.73. The van der Waals surface area contributed by atoms with E-state index in [1.165, 1.54) is 0 Å². The first-order valence-electron chi connectivity index (χ1n) is 4.59. The fourth-order valence-electron chi connectivity index (χ4n) is 1.48. The van der Waals surface area contributed by atoms with Crippen molar-refractivity contribution < 1.29 is 14.6 Å². The van der Waals surface area contributed by atoms with Gasteiger partial charge in [0.1, 0.15) is 0 Å². The maximum atomic E-state index is 10.7. The van der Waals surface area contributed by atoms with Crippen LogP contribution in [0.15, 0.2) is 6.20 Å². The molecule has 82 valence electrons. The molecule has 1 aromatic heterocycles. The van der Waals surface area contributed by atoms with Crippen LogP contribution in [0.25, 0.3) is 0 Å². The van der Waals surface area contributed by atoms with Crippen molar-refractivity contribution in [2.75, 3.05) is 19.7 Å². The number of morpholine rings is 1. The molecule has 1 atom stereocenters. The zero-order valence-corrected chi connectivity index (χ0v) is 8.81. The van der Waals surface area contributed by atoms with Crippen LogP contribution in [0.4, 0.5) is 0 Å². The maximum Gasteiger partial charge on any atom is 0.334 e. The van der Waals surface area contributed by atoms with E-state index in [4.69, 9.17) is 9.84 Å². The maximum absolute atomic E-state index is 10.7. The van der Waals surface area contributed by atoms with Crippen LogP contribution in [-0.4, -0.2) is 50.5 Å². The lowest BCUT2D eigenvalue weighted by molar-refractivity contribution is -0.156. The molecule has 0 spiro atoms. The van der Waals surface area contributed by atoms with Gasteiger partial charge in [-0.3, -0.25) is 4.90 Å². The number of carboxylic acids is 1. The molecule has 0 radical (unpaired) electrons. The third kappa shape index (κ3) is 2.71. The molecule has 1 saturated heterocycles. The van der Waals surface area contributed by atoms with Crippen molar-refractivity contribution in [3.8, 4) is 0 Å². The summed E-state index contributed by atoms with van der Waals surface area (Å²) < 4.78 is 13.1. The second kappa shape index (κ2) is 4.65. The number of carboxylic acid groups (broad SMARTS) is 1. The first-order valence-corrected chi connectivity index (χ1v) is 5.32. The van der Waals surface area contributed by atoms with Crippen LogP contribution in [0.3, 0.4) is 0 Å². The zero-order valence-electron chi connectivity index (χ0n) is 8.00. The predicted molar refractivity (Wildman–Crippen MR) is 52.6 cm³/mol. The number of rotatable bonds is 3.